The van der Waals surface area contributed by atoms with Crippen LogP contribution in [0.1, 0.15) is 24.3 Å². The topological polar surface area (TPSA) is 80.0 Å². The average Bonchev–Trinajstić information content (AvgIpc) is 3.36. The van der Waals surface area contributed by atoms with Crippen LogP contribution >= 0.6 is 23.2 Å². The second-order valence-electron chi connectivity index (χ2n) is 6.74. The quantitative estimate of drug-likeness (QED) is 0.305. The van der Waals surface area contributed by atoms with Crippen LogP contribution in [0, 0.1) is 0 Å². The highest BCUT2D eigenvalue weighted by Gasteiger charge is 2.48. The number of halogens is 2. The van der Waals surface area contributed by atoms with Crippen LogP contribution in [0.4, 0.5) is 5.69 Å². The molecule has 1 unspecified atom stereocenters. The first-order valence-corrected chi connectivity index (χ1v) is 10.2. The third-order valence-corrected chi connectivity index (χ3v) is 5.40. The number of carbonyl (C=O) groups is 2. The van der Waals surface area contributed by atoms with Crippen LogP contribution in [0.25, 0.3) is 5.76 Å². The molecule has 8 heteroatoms. The molecule has 1 aromatic heterocycles. The first-order chi connectivity index (χ1) is 14.9. The predicted molar refractivity (Wildman–Crippen MR) is 118 cm³/mol. The van der Waals surface area contributed by atoms with Gasteiger partial charge in [-0.1, -0.05) is 29.3 Å². The van der Waals surface area contributed by atoms with E-state index in [1.54, 1.807) is 55.5 Å². The number of Topliss-reactive ketones (excluding diaryl/α,β-unsaturated/α-hetero) is 1. The fourth-order valence-electron chi connectivity index (χ4n) is 3.51. The van der Waals surface area contributed by atoms with Crippen molar-refractivity contribution in [3.05, 3.63) is 87.8 Å². The Balaban J connectivity index is 1.91. The zero-order valence-electron chi connectivity index (χ0n) is 16.3. The zero-order valence-corrected chi connectivity index (χ0v) is 17.9. The van der Waals surface area contributed by atoms with Crippen molar-refractivity contribution in [2.45, 2.75) is 13.0 Å². The van der Waals surface area contributed by atoms with Gasteiger partial charge in [-0.15, -0.1) is 0 Å². The first kappa shape index (κ1) is 21.0. The van der Waals surface area contributed by atoms with Gasteiger partial charge in [0.2, 0.25) is 0 Å². The molecule has 1 amide bonds. The third kappa shape index (κ3) is 3.80. The van der Waals surface area contributed by atoms with Crippen molar-refractivity contribution in [3.8, 4) is 5.75 Å². The molecule has 1 aliphatic heterocycles. The summed E-state index contributed by atoms with van der Waals surface area (Å²) in [5.41, 5.74) is 0.583. The van der Waals surface area contributed by atoms with Crippen molar-refractivity contribution in [1.29, 1.82) is 0 Å². The van der Waals surface area contributed by atoms with E-state index in [1.165, 1.54) is 17.2 Å². The van der Waals surface area contributed by atoms with Crippen LogP contribution in [-0.4, -0.2) is 23.4 Å². The normalized spacial score (nSPS) is 17.9. The van der Waals surface area contributed by atoms with Crippen molar-refractivity contribution >= 4 is 46.3 Å². The molecule has 1 fully saturated rings. The van der Waals surface area contributed by atoms with E-state index in [0.717, 1.165) is 0 Å². The van der Waals surface area contributed by atoms with Gasteiger partial charge in [0.05, 0.1) is 23.5 Å². The summed E-state index contributed by atoms with van der Waals surface area (Å²) in [4.78, 5) is 27.3. The number of anilines is 1. The van der Waals surface area contributed by atoms with Gasteiger partial charge in [0.15, 0.2) is 0 Å². The smallest absolute Gasteiger partial charge is 0.300 e. The molecule has 0 aliphatic carbocycles. The molecular formula is C23H17Cl2NO5. The summed E-state index contributed by atoms with van der Waals surface area (Å²) in [5.74, 6) is -1.33. The first-order valence-electron chi connectivity index (χ1n) is 9.45. The number of benzene rings is 2. The number of hydrogen-bond donors (Lipinski definition) is 1. The summed E-state index contributed by atoms with van der Waals surface area (Å²) in [7, 11) is 0. The number of carbonyl (C=O) groups excluding carboxylic acids is 2. The minimum atomic E-state index is -0.973. The van der Waals surface area contributed by atoms with Crippen molar-refractivity contribution in [2.75, 3.05) is 11.5 Å². The molecule has 2 heterocycles. The maximum atomic E-state index is 13.0. The Hall–Kier alpha value is -3.22. The highest BCUT2D eigenvalue weighted by atomic mass is 35.5. The minimum absolute atomic E-state index is 0.107. The lowest BCUT2D eigenvalue weighted by molar-refractivity contribution is -0.132. The lowest BCUT2D eigenvalue weighted by Crippen LogP contribution is -2.29. The van der Waals surface area contributed by atoms with E-state index < -0.39 is 17.7 Å². The Morgan fingerprint density at radius 1 is 1.13 bits per heavy atom. The lowest BCUT2D eigenvalue weighted by atomic mass is 9.99. The van der Waals surface area contributed by atoms with Gasteiger partial charge in [-0.2, -0.15) is 0 Å². The standard InChI is InChI=1S/C23H17Cl2NO5/c1-2-30-18-11-13(8-9-16(18)25)21(27)19-20(17-7-4-10-31-17)26(23(29)22(19)28)15-6-3-5-14(24)12-15/h3-12,20,27H,2H2,1H3/b21-19-. The number of hydrogen-bond acceptors (Lipinski definition) is 5. The minimum Gasteiger partial charge on any atom is -0.507 e. The molecule has 3 aromatic rings. The molecule has 1 N–H and O–H groups in total. The van der Waals surface area contributed by atoms with Crippen LogP contribution in [0.3, 0.4) is 0 Å². The molecule has 0 radical (unpaired) electrons. The SMILES string of the molecule is CCOc1cc(/C(O)=C2/C(=O)C(=O)N(c3cccc(Cl)c3)C2c2ccco2)ccc1Cl. The molecule has 0 spiro atoms. The molecule has 1 saturated heterocycles. The van der Waals surface area contributed by atoms with E-state index in [4.69, 9.17) is 32.4 Å². The number of aliphatic hydroxyl groups is 1. The van der Waals surface area contributed by atoms with Gasteiger partial charge in [-0.05, 0) is 55.5 Å². The lowest BCUT2D eigenvalue weighted by Gasteiger charge is -2.23. The third-order valence-electron chi connectivity index (χ3n) is 4.85. The van der Waals surface area contributed by atoms with Crippen LogP contribution in [0.15, 0.2) is 70.9 Å². The van der Waals surface area contributed by atoms with Gasteiger partial charge in [-0.25, -0.2) is 0 Å². The molecule has 158 valence electrons. The Bertz CT molecular complexity index is 1190. The van der Waals surface area contributed by atoms with E-state index in [9.17, 15) is 14.7 Å². The molecule has 2 aromatic carbocycles. The molecule has 1 aliphatic rings. The van der Waals surface area contributed by atoms with Crippen LogP contribution in [0.2, 0.25) is 10.0 Å². The number of ether oxygens (including phenoxy) is 1. The van der Waals surface area contributed by atoms with Gasteiger partial charge >= 0.3 is 0 Å². The van der Waals surface area contributed by atoms with E-state index in [-0.39, 0.29) is 16.9 Å². The second kappa shape index (κ2) is 8.49. The van der Waals surface area contributed by atoms with Crippen LogP contribution in [0.5, 0.6) is 5.75 Å². The monoisotopic (exact) mass is 457 g/mol. The Kier molecular flexibility index (Phi) is 5.76. The van der Waals surface area contributed by atoms with Gasteiger partial charge in [0, 0.05) is 16.3 Å². The molecule has 0 bridgehead atoms. The zero-order chi connectivity index (χ0) is 22.1. The van der Waals surface area contributed by atoms with Crippen molar-refractivity contribution in [1.82, 2.24) is 0 Å². The Morgan fingerprint density at radius 3 is 2.61 bits per heavy atom. The summed E-state index contributed by atoms with van der Waals surface area (Å²) in [5, 5.41) is 11.9. The van der Waals surface area contributed by atoms with E-state index in [0.29, 0.717) is 33.8 Å². The van der Waals surface area contributed by atoms with E-state index in [1.807, 2.05) is 0 Å². The number of rotatable bonds is 5. The van der Waals surface area contributed by atoms with Crippen molar-refractivity contribution in [3.63, 3.8) is 0 Å². The summed E-state index contributed by atoms with van der Waals surface area (Å²) >= 11 is 12.2. The summed E-state index contributed by atoms with van der Waals surface area (Å²) < 4.78 is 11.0. The average molecular weight is 458 g/mol. The molecule has 0 saturated carbocycles. The second-order valence-corrected chi connectivity index (χ2v) is 7.59. The maximum Gasteiger partial charge on any atom is 0.300 e. The number of nitrogens with zero attached hydrogens (tertiary/aromatic N) is 1. The van der Waals surface area contributed by atoms with Gasteiger partial charge in [0.1, 0.15) is 23.3 Å². The molecule has 6 nitrogen and oxygen atoms in total. The van der Waals surface area contributed by atoms with E-state index >= 15 is 0 Å². The highest BCUT2D eigenvalue weighted by molar-refractivity contribution is 6.51. The summed E-state index contributed by atoms with van der Waals surface area (Å²) in [6.45, 7) is 2.17. The highest BCUT2D eigenvalue weighted by Crippen LogP contribution is 2.43. The summed E-state index contributed by atoms with van der Waals surface area (Å²) in [6, 6.07) is 13.5. The fraction of sp³-hybridized carbons (Fsp3) is 0.130. The van der Waals surface area contributed by atoms with Gasteiger partial charge in [-0.3, -0.25) is 14.5 Å². The summed E-state index contributed by atoms with van der Waals surface area (Å²) in [6.07, 6.45) is 1.43. The fourth-order valence-corrected chi connectivity index (χ4v) is 3.87. The van der Waals surface area contributed by atoms with Gasteiger partial charge in [0.25, 0.3) is 11.7 Å². The number of aliphatic hydroxyl groups excluding tert-OH is 1. The molecule has 31 heavy (non-hydrogen) atoms. The van der Waals surface area contributed by atoms with E-state index in [2.05, 4.69) is 0 Å². The van der Waals surface area contributed by atoms with Crippen LogP contribution < -0.4 is 9.64 Å². The Morgan fingerprint density at radius 2 is 1.94 bits per heavy atom. The number of amides is 1. The molecule has 1 atom stereocenters. The van der Waals surface area contributed by atoms with Crippen molar-refractivity contribution < 1.29 is 23.8 Å². The largest absolute Gasteiger partial charge is 0.507 e. The number of furan rings is 1. The van der Waals surface area contributed by atoms with Gasteiger partial charge < -0.3 is 14.3 Å². The molecular weight excluding hydrogens is 441 g/mol. The van der Waals surface area contributed by atoms with Crippen molar-refractivity contribution in [2.24, 2.45) is 0 Å². The predicted octanol–water partition coefficient (Wildman–Crippen LogP) is 5.61. The number of ketones is 1. The molecule has 4 rings (SSSR count). The van der Waals surface area contributed by atoms with Crippen LogP contribution in [-0.2, 0) is 9.59 Å². The maximum absolute atomic E-state index is 13.0. The Labute approximate surface area is 188 Å².